The number of benzene rings is 1. The van der Waals surface area contributed by atoms with Gasteiger partial charge < -0.3 is 9.88 Å². The van der Waals surface area contributed by atoms with Crippen molar-refractivity contribution in [2.24, 2.45) is 0 Å². The largest absolute Gasteiger partial charge is 0.356 e. The molecule has 25 heavy (non-hydrogen) atoms. The van der Waals surface area contributed by atoms with Gasteiger partial charge in [-0.3, -0.25) is 4.79 Å². The van der Waals surface area contributed by atoms with E-state index in [9.17, 15) is 17.6 Å². The SMILES string of the molecule is O=C(c1cc(S(=O)(=O)NCCc2ccc(F)cc2)c[nH]1)N1CCCC1. The highest BCUT2D eigenvalue weighted by Crippen LogP contribution is 2.16. The molecule has 0 atom stereocenters. The minimum Gasteiger partial charge on any atom is -0.356 e. The number of carbonyl (C=O) groups excluding carboxylic acids is 1. The molecular formula is C17H20FN3O3S. The van der Waals surface area contributed by atoms with Crippen molar-refractivity contribution < 1.29 is 17.6 Å². The number of hydrogen-bond donors (Lipinski definition) is 2. The van der Waals surface area contributed by atoms with Gasteiger partial charge in [0.05, 0.1) is 0 Å². The number of amides is 1. The third-order valence-electron chi connectivity index (χ3n) is 4.21. The second-order valence-electron chi connectivity index (χ2n) is 6.02. The summed E-state index contributed by atoms with van der Waals surface area (Å²) in [7, 11) is -3.70. The first-order valence-electron chi connectivity index (χ1n) is 8.17. The van der Waals surface area contributed by atoms with E-state index < -0.39 is 10.0 Å². The summed E-state index contributed by atoms with van der Waals surface area (Å²) in [6.45, 7) is 1.60. The average Bonchev–Trinajstić information content (AvgIpc) is 3.28. The average molecular weight is 365 g/mol. The van der Waals surface area contributed by atoms with Crippen molar-refractivity contribution >= 4 is 15.9 Å². The third kappa shape index (κ3) is 4.26. The second-order valence-corrected chi connectivity index (χ2v) is 7.79. The van der Waals surface area contributed by atoms with E-state index in [1.807, 2.05) is 0 Å². The minimum absolute atomic E-state index is 0.0363. The molecule has 3 rings (SSSR count). The number of aromatic amines is 1. The Kier molecular flexibility index (Phi) is 5.19. The van der Waals surface area contributed by atoms with Gasteiger partial charge in [-0.1, -0.05) is 12.1 Å². The van der Waals surface area contributed by atoms with Crippen molar-refractivity contribution in [3.05, 3.63) is 53.6 Å². The minimum atomic E-state index is -3.70. The predicted molar refractivity (Wildman–Crippen MR) is 91.2 cm³/mol. The number of sulfonamides is 1. The van der Waals surface area contributed by atoms with Crippen LogP contribution in [0.1, 0.15) is 28.9 Å². The van der Waals surface area contributed by atoms with E-state index in [-0.39, 0.29) is 28.9 Å². The molecule has 1 aliphatic heterocycles. The lowest BCUT2D eigenvalue weighted by molar-refractivity contribution is 0.0787. The number of carbonyl (C=O) groups is 1. The number of rotatable bonds is 6. The highest BCUT2D eigenvalue weighted by atomic mass is 32.2. The Morgan fingerprint density at radius 3 is 2.56 bits per heavy atom. The molecule has 8 heteroatoms. The van der Waals surface area contributed by atoms with Crippen molar-refractivity contribution in [1.82, 2.24) is 14.6 Å². The standard InChI is InChI=1S/C17H20FN3O3S/c18-14-5-3-13(4-6-14)7-8-20-25(23,24)15-11-16(19-12-15)17(22)21-9-1-2-10-21/h3-6,11-12,19-20H,1-2,7-10H2. The van der Waals surface area contributed by atoms with Crippen LogP contribution in [0.15, 0.2) is 41.4 Å². The van der Waals surface area contributed by atoms with E-state index in [0.29, 0.717) is 19.5 Å². The lowest BCUT2D eigenvalue weighted by Crippen LogP contribution is -2.28. The molecule has 1 aromatic heterocycles. The molecule has 134 valence electrons. The number of nitrogens with one attached hydrogen (secondary N) is 2. The quantitative estimate of drug-likeness (QED) is 0.820. The number of H-pyrrole nitrogens is 1. The van der Waals surface area contributed by atoms with Gasteiger partial charge in [0.1, 0.15) is 16.4 Å². The molecule has 1 fully saturated rings. The molecule has 6 nitrogen and oxygen atoms in total. The summed E-state index contributed by atoms with van der Waals surface area (Å²) in [5.41, 5.74) is 1.11. The predicted octanol–water partition coefficient (Wildman–Crippen LogP) is 1.91. The summed E-state index contributed by atoms with van der Waals surface area (Å²) in [5.74, 6) is -0.503. The van der Waals surface area contributed by atoms with Crippen molar-refractivity contribution in [3.63, 3.8) is 0 Å². The van der Waals surface area contributed by atoms with E-state index in [2.05, 4.69) is 9.71 Å². The zero-order valence-corrected chi connectivity index (χ0v) is 14.5. The van der Waals surface area contributed by atoms with E-state index in [1.54, 1.807) is 17.0 Å². The molecule has 0 radical (unpaired) electrons. The number of hydrogen-bond acceptors (Lipinski definition) is 3. The smallest absolute Gasteiger partial charge is 0.270 e. The summed E-state index contributed by atoms with van der Waals surface area (Å²) in [5, 5.41) is 0. The van der Waals surface area contributed by atoms with Gasteiger partial charge in [-0.15, -0.1) is 0 Å². The maximum atomic E-state index is 12.9. The Labute approximate surface area is 146 Å². The monoisotopic (exact) mass is 365 g/mol. The van der Waals surface area contributed by atoms with Gasteiger partial charge in [-0.25, -0.2) is 17.5 Å². The highest BCUT2D eigenvalue weighted by molar-refractivity contribution is 7.89. The summed E-state index contributed by atoms with van der Waals surface area (Å²) in [6.07, 6.45) is 3.72. The first-order chi connectivity index (χ1) is 12.0. The fourth-order valence-corrected chi connectivity index (χ4v) is 3.83. The van der Waals surface area contributed by atoms with E-state index >= 15 is 0 Å². The normalized spacial score (nSPS) is 14.8. The first kappa shape index (κ1) is 17.6. The number of halogens is 1. The molecule has 2 aromatic rings. The van der Waals surface area contributed by atoms with Gasteiger partial charge in [0.15, 0.2) is 0 Å². The van der Waals surface area contributed by atoms with E-state index in [1.165, 1.54) is 24.4 Å². The summed E-state index contributed by atoms with van der Waals surface area (Å²) < 4.78 is 40.0. The maximum Gasteiger partial charge on any atom is 0.270 e. The van der Waals surface area contributed by atoms with Gasteiger partial charge >= 0.3 is 0 Å². The van der Waals surface area contributed by atoms with Crippen LogP contribution >= 0.6 is 0 Å². The van der Waals surface area contributed by atoms with Crippen molar-refractivity contribution in [2.45, 2.75) is 24.2 Å². The topological polar surface area (TPSA) is 82.3 Å². The van der Waals surface area contributed by atoms with Gasteiger partial charge in [-0.2, -0.15) is 0 Å². The van der Waals surface area contributed by atoms with Crippen LogP contribution in [-0.2, 0) is 16.4 Å². The number of aromatic nitrogens is 1. The summed E-state index contributed by atoms with van der Waals surface area (Å²) in [4.78, 5) is 16.8. The van der Waals surface area contributed by atoms with Gasteiger partial charge in [0.2, 0.25) is 10.0 Å². The Morgan fingerprint density at radius 2 is 1.88 bits per heavy atom. The Hall–Kier alpha value is -2.19. The number of likely N-dealkylation sites (tertiary alicyclic amines) is 1. The van der Waals surface area contributed by atoms with Crippen LogP contribution < -0.4 is 4.72 Å². The molecule has 1 amide bonds. The van der Waals surface area contributed by atoms with Crippen LogP contribution in [0.5, 0.6) is 0 Å². The molecule has 1 saturated heterocycles. The van der Waals surface area contributed by atoms with E-state index in [4.69, 9.17) is 0 Å². The van der Waals surface area contributed by atoms with Crippen LogP contribution in [0.25, 0.3) is 0 Å². The molecule has 2 N–H and O–H groups in total. The molecule has 1 aliphatic rings. The molecule has 0 bridgehead atoms. The van der Waals surface area contributed by atoms with Crippen LogP contribution in [0, 0.1) is 5.82 Å². The van der Waals surface area contributed by atoms with Crippen molar-refractivity contribution in [2.75, 3.05) is 19.6 Å². The second kappa shape index (κ2) is 7.37. The summed E-state index contributed by atoms with van der Waals surface area (Å²) >= 11 is 0. The molecule has 0 spiro atoms. The van der Waals surface area contributed by atoms with Crippen LogP contribution in [0.2, 0.25) is 0 Å². The molecule has 0 aliphatic carbocycles. The highest BCUT2D eigenvalue weighted by Gasteiger charge is 2.23. The van der Waals surface area contributed by atoms with Crippen LogP contribution in [-0.4, -0.2) is 43.8 Å². The summed E-state index contributed by atoms with van der Waals surface area (Å²) in [6, 6.07) is 7.28. The Morgan fingerprint density at radius 1 is 1.20 bits per heavy atom. The Balaban J connectivity index is 1.60. The molecule has 1 aromatic carbocycles. The lowest BCUT2D eigenvalue weighted by Gasteiger charge is -2.13. The first-order valence-corrected chi connectivity index (χ1v) is 9.66. The molecule has 0 unspecified atom stereocenters. The fraction of sp³-hybridized carbons (Fsp3) is 0.353. The lowest BCUT2D eigenvalue weighted by atomic mass is 10.1. The van der Waals surface area contributed by atoms with Crippen molar-refractivity contribution in [3.8, 4) is 0 Å². The zero-order valence-electron chi connectivity index (χ0n) is 13.7. The maximum absolute atomic E-state index is 12.9. The van der Waals surface area contributed by atoms with Gasteiger partial charge in [-0.05, 0) is 43.0 Å². The zero-order chi connectivity index (χ0) is 17.9. The molecular weight excluding hydrogens is 345 g/mol. The fourth-order valence-electron chi connectivity index (χ4n) is 2.81. The Bertz CT molecular complexity index is 840. The van der Waals surface area contributed by atoms with Gasteiger partial charge in [0.25, 0.3) is 5.91 Å². The van der Waals surface area contributed by atoms with Crippen molar-refractivity contribution in [1.29, 1.82) is 0 Å². The third-order valence-corrected chi connectivity index (χ3v) is 5.65. The van der Waals surface area contributed by atoms with Crippen LogP contribution in [0.3, 0.4) is 0 Å². The molecule has 2 heterocycles. The number of nitrogens with zero attached hydrogens (tertiary/aromatic N) is 1. The van der Waals surface area contributed by atoms with Gasteiger partial charge in [0, 0.05) is 25.8 Å². The van der Waals surface area contributed by atoms with E-state index in [0.717, 1.165) is 18.4 Å². The molecule has 0 saturated carbocycles. The van der Waals surface area contributed by atoms with Crippen LogP contribution in [0.4, 0.5) is 4.39 Å².